The summed E-state index contributed by atoms with van der Waals surface area (Å²) in [5.74, 6) is 0. The minimum atomic E-state index is -3.52. The third-order valence-corrected chi connectivity index (χ3v) is 5.88. The Hall–Kier alpha value is -1.50. The molecule has 5 nitrogen and oxygen atoms in total. The summed E-state index contributed by atoms with van der Waals surface area (Å²) in [5, 5.41) is 0.670. The van der Waals surface area contributed by atoms with E-state index in [1.165, 1.54) is 0 Å². The second-order valence-corrected chi connectivity index (χ2v) is 7.05. The van der Waals surface area contributed by atoms with Crippen molar-refractivity contribution in [2.24, 2.45) is 0 Å². The fourth-order valence-electron chi connectivity index (χ4n) is 2.91. The topological polar surface area (TPSA) is 59.5 Å². The number of methoxy groups -OCH3 is 1. The SMILES string of the molecule is COCC1CCCN1S(=O)(=O)c1cccc2ncccc12. The molecule has 2 heterocycles. The van der Waals surface area contributed by atoms with Crippen LogP contribution in [0.3, 0.4) is 0 Å². The molecule has 1 fully saturated rings. The first-order valence-electron chi connectivity index (χ1n) is 6.99. The van der Waals surface area contributed by atoms with Gasteiger partial charge in [-0.25, -0.2) is 8.42 Å². The molecule has 1 atom stereocenters. The van der Waals surface area contributed by atoms with E-state index >= 15 is 0 Å². The summed E-state index contributed by atoms with van der Waals surface area (Å²) in [7, 11) is -1.92. The molecule has 0 spiro atoms. The predicted octanol–water partition coefficient (Wildman–Crippen LogP) is 2.03. The Morgan fingerprint density at radius 1 is 1.33 bits per heavy atom. The van der Waals surface area contributed by atoms with Gasteiger partial charge in [0.05, 0.1) is 17.0 Å². The fraction of sp³-hybridized carbons (Fsp3) is 0.400. The molecule has 1 aliphatic heterocycles. The van der Waals surface area contributed by atoms with Gasteiger partial charge in [-0.1, -0.05) is 6.07 Å². The van der Waals surface area contributed by atoms with Crippen LogP contribution in [0.2, 0.25) is 0 Å². The smallest absolute Gasteiger partial charge is 0.244 e. The highest BCUT2D eigenvalue weighted by Gasteiger charge is 2.35. The zero-order valence-corrected chi connectivity index (χ0v) is 12.7. The van der Waals surface area contributed by atoms with Gasteiger partial charge in [0.25, 0.3) is 0 Å². The molecule has 0 N–H and O–H groups in total. The highest BCUT2D eigenvalue weighted by Crippen LogP contribution is 2.29. The Bertz CT molecular complexity index is 740. The van der Waals surface area contributed by atoms with Crippen molar-refractivity contribution in [3.63, 3.8) is 0 Å². The van der Waals surface area contributed by atoms with E-state index in [0.29, 0.717) is 29.0 Å². The Labute approximate surface area is 124 Å². The largest absolute Gasteiger partial charge is 0.383 e. The zero-order valence-electron chi connectivity index (χ0n) is 11.9. The molecule has 0 amide bonds. The second kappa shape index (κ2) is 5.71. The van der Waals surface area contributed by atoms with Gasteiger partial charge in [0.1, 0.15) is 0 Å². The number of fused-ring (bicyclic) bond motifs is 1. The average Bonchev–Trinajstić information content (AvgIpc) is 2.96. The van der Waals surface area contributed by atoms with E-state index in [-0.39, 0.29) is 6.04 Å². The molecule has 3 rings (SSSR count). The number of benzene rings is 1. The Morgan fingerprint density at radius 3 is 3.00 bits per heavy atom. The minimum absolute atomic E-state index is 0.0769. The Kier molecular flexibility index (Phi) is 3.93. The summed E-state index contributed by atoms with van der Waals surface area (Å²) in [6.45, 7) is 0.981. The van der Waals surface area contributed by atoms with Crippen molar-refractivity contribution in [2.75, 3.05) is 20.3 Å². The highest BCUT2D eigenvalue weighted by atomic mass is 32.2. The molecule has 1 saturated heterocycles. The van der Waals surface area contributed by atoms with Crippen molar-refractivity contribution in [1.82, 2.24) is 9.29 Å². The second-order valence-electron chi connectivity index (χ2n) is 5.19. The van der Waals surface area contributed by atoms with Crippen molar-refractivity contribution < 1.29 is 13.2 Å². The van der Waals surface area contributed by atoms with Gasteiger partial charge in [-0.3, -0.25) is 4.98 Å². The Morgan fingerprint density at radius 2 is 2.19 bits per heavy atom. The van der Waals surface area contributed by atoms with Crippen LogP contribution in [0.1, 0.15) is 12.8 Å². The van der Waals surface area contributed by atoms with Gasteiger partial charge >= 0.3 is 0 Å². The highest BCUT2D eigenvalue weighted by molar-refractivity contribution is 7.89. The van der Waals surface area contributed by atoms with Crippen LogP contribution in [0, 0.1) is 0 Å². The molecule has 1 unspecified atom stereocenters. The first-order valence-corrected chi connectivity index (χ1v) is 8.43. The zero-order chi connectivity index (χ0) is 14.9. The number of rotatable bonds is 4. The van der Waals surface area contributed by atoms with Crippen molar-refractivity contribution in [3.8, 4) is 0 Å². The van der Waals surface area contributed by atoms with Crippen LogP contribution >= 0.6 is 0 Å². The van der Waals surface area contributed by atoms with Gasteiger partial charge < -0.3 is 4.74 Å². The number of ether oxygens (including phenoxy) is 1. The third-order valence-electron chi connectivity index (χ3n) is 3.87. The van der Waals surface area contributed by atoms with Gasteiger partial charge in [0.15, 0.2) is 0 Å². The molecule has 0 bridgehead atoms. The van der Waals surface area contributed by atoms with Gasteiger partial charge in [-0.2, -0.15) is 4.31 Å². The molecule has 0 saturated carbocycles. The summed E-state index contributed by atoms with van der Waals surface area (Å²) in [6.07, 6.45) is 3.38. The summed E-state index contributed by atoms with van der Waals surface area (Å²) >= 11 is 0. The van der Waals surface area contributed by atoms with Crippen molar-refractivity contribution >= 4 is 20.9 Å². The monoisotopic (exact) mass is 306 g/mol. The quantitative estimate of drug-likeness (QED) is 0.867. The molecular formula is C15H18N2O3S. The molecule has 2 aromatic rings. The molecule has 0 aliphatic carbocycles. The summed E-state index contributed by atoms with van der Waals surface area (Å²) in [5.41, 5.74) is 0.695. The lowest BCUT2D eigenvalue weighted by Gasteiger charge is -2.24. The molecule has 1 aromatic carbocycles. The van der Waals surface area contributed by atoms with E-state index in [1.54, 1.807) is 41.9 Å². The average molecular weight is 306 g/mol. The van der Waals surface area contributed by atoms with E-state index in [2.05, 4.69) is 4.98 Å². The lowest BCUT2D eigenvalue weighted by atomic mass is 10.2. The number of pyridine rings is 1. The number of aromatic nitrogens is 1. The maximum absolute atomic E-state index is 13.0. The third kappa shape index (κ3) is 2.54. The maximum Gasteiger partial charge on any atom is 0.244 e. The molecule has 1 aromatic heterocycles. The van der Waals surface area contributed by atoms with Gasteiger partial charge in [0.2, 0.25) is 10.0 Å². The standard InChI is InChI=1S/C15H18N2O3S/c1-20-11-12-5-4-10-17(12)21(18,19)15-8-2-7-14-13(15)6-3-9-16-14/h2-3,6-9,12H,4-5,10-11H2,1H3. The van der Waals surface area contributed by atoms with Crippen LogP contribution in [0.5, 0.6) is 0 Å². The van der Waals surface area contributed by atoms with E-state index in [4.69, 9.17) is 4.74 Å². The molecule has 1 aliphatic rings. The predicted molar refractivity (Wildman–Crippen MR) is 80.5 cm³/mol. The number of hydrogen-bond donors (Lipinski definition) is 0. The van der Waals surface area contributed by atoms with Gasteiger partial charge in [-0.15, -0.1) is 0 Å². The van der Waals surface area contributed by atoms with Crippen molar-refractivity contribution in [1.29, 1.82) is 0 Å². The first-order chi connectivity index (χ1) is 10.1. The van der Waals surface area contributed by atoms with E-state index < -0.39 is 10.0 Å². The van der Waals surface area contributed by atoms with Crippen LogP contribution in [0.15, 0.2) is 41.4 Å². The van der Waals surface area contributed by atoms with E-state index in [9.17, 15) is 8.42 Å². The maximum atomic E-state index is 13.0. The number of nitrogens with zero attached hydrogens (tertiary/aromatic N) is 2. The van der Waals surface area contributed by atoms with Crippen LogP contribution in [0.4, 0.5) is 0 Å². The molecule has 0 radical (unpaired) electrons. The molecule has 112 valence electrons. The summed E-state index contributed by atoms with van der Waals surface area (Å²) in [6, 6.07) is 8.71. The van der Waals surface area contributed by atoms with Crippen LogP contribution in [0.25, 0.3) is 10.9 Å². The summed E-state index contributed by atoms with van der Waals surface area (Å²) in [4.78, 5) is 4.56. The minimum Gasteiger partial charge on any atom is -0.383 e. The van der Waals surface area contributed by atoms with Crippen molar-refractivity contribution in [2.45, 2.75) is 23.8 Å². The number of sulfonamides is 1. The lowest BCUT2D eigenvalue weighted by molar-refractivity contribution is 0.149. The van der Waals surface area contributed by atoms with Gasteiger partial charge in [-0.05, 0) is 37.1 Å². The van der Waals surface area contributed by atoms with Gasteiger partial charge in [0, 0.05) is 31.3 Å². The van der Waals surface area contributed by atoms with Crippen LogP contribution in [-0.4, -0.2) is 44.0 Å². The van der Waals surface area contributed by atoms with Crippen molar-refractivity contribution in [3.05, 3.63) is 36.5 Å². The molecule has 21 heavy (non-hydrogen) atoms. The first kappa shape index (κ1) is 14.4. The van der Waals surface area contributed by atoms with Crippen LogP contribution in [-0.2, 0) is 14.8 Å². The fourth-order valence-corrected chi connectivity index (χ4v) is 4.79. The molecular weight excluding hydrogens is 288 g/mol. The van der Waals surface area contributed by atoms with E-state index in [1.807, 2.05) is 6.07 Å². The number of hydrogen-bond acceptors (Lipinski definition) is 4. The van der Waals surface area contributed by atoms with Crippen LogP contribution < -0.4 is 0 Å². The van der Waals surface area contributed by atoms with E-state index in [0.717, 1.165) is 12.8 Å². The summed E-state index contributed by atoms with van der Waals surface area (Å²) < 4.78 is 32.7. The molecule has 6 heteroatoms. The normalized spacial score (nSPS) is 20.1. The Balaban J connectivity index is 2.08. The lowest BCUT2D eigenvalue weighted by Crippen LogP contribution is -2.38.